The summed E-state index contributed by atoms with van der Waals surface area (Å²) in [6, 6.07) is 10.5. The summed E-state index contributed by atoms with van der Waals surface area (Å²) in [6.07, 6.45) is 0. The van der Waals surface area contributed by atoms with Gasteiger partial charge in [-0.25, -0.2) is 17.5 Å². The molecular weight excluding hydrogens is 367 g/mol. The maximum Gasteiger partial charge on any atom is 0.240 e. The summed E-state index contributed by atoms with van der Waals surface area (Å²) in [6.45, 7) is 7.73. The summed E-state index contributed by atoms with van der Waals surface area (Å²) in [5.74, 6) is -0.442. The Morgan fingerprint density at radius 1 is 1.15 bits per heavy atom. The van der Waals surface area contributed by atoms with Crippen LogP contribution in [0.5, 0.6) is 0 Å². The molecule has 5 nitrogen and oxygen atoms in total. The summed E-state index contributed by atoms with van der Waals surface area (Å²) in [5, 5.41) is 0. The summed E-state index contributed by atoms with van der Waals surface area (Å²) >= 11 is 0. The van der Waals surface area contributed by atoms with Gasteiger partial charge in [0.1, 0.15) is 5.82 Å². The number of aryl methyl sites for hydroxylation is 1. The Morgan fingerprint density at radius 2 is 1.78 bits per heavy atom. The lowest BCUT2D eigenvalue weighted by atomic mass is 9.97. The highest BCUT2D eigenvalue weighted by molar-refractivity contribution is 7.89. The molecular formula is C20H25FN2O3S. The molecule has 0 radical (unpaired) electrons. The van der Waals surface area contributed by atoms with E-state index in [4.69, 9.17) is 0 Å². The molecule has 146 valence electrons. The molecule has 0 heterocycles. The van der Waals surface area contributed by atoms with Crippen molar-refractivity contribution in [2.75, 3.05) is 18.0 Å². The smallest absolute Gasteiger partial charge is 0.240 e. The Kier molecular flexibility index (Phi) is 6.73. The van der Waals surface area contributed by atoms with Crippen LogP contribution in [0, 0.1) is 12.7 Å². The van der Waals surface area contributed by atoms with E-state index in [1.54, 1.807) is 4.90 Å². The van der Waals surface area contributed by atoms with E-state index in [9.17, 15) is 17.6 Å². The number of halogens is 1. The molecule has 0 spiro atoms. The van der Waals surface area contributed by atoms with Crippen LogP contribution in [-0.2, 0) is 14.8 Å². The lowest BCUT2D eigenvalue weighted by Gasteiger charge is -2.27. The molecule has 2 aromatic carbocycles. The lowest BCUT2D eigenvalue weighted by Crippen LogP contribution is -2.38. The molecule has 0 saturated heterocycles. The van der Waals surface area contributed by atoms with Crippen molar-refractivity contribution in [1.29, 1.82) is 0 Å². The maximum atomic E-state index is 13.0. The Bertz CT molecular complexity index is 909. The molecule has 1 amide bonds. The van der Waals surface area contributed by atoms with Gasteiger partial charge in [-0.15, -0.1) is 0 Å². The van der Waals surface area contributed by atoms with Gasteiger partial charge in [-0.3, -0.25) is 4.79 Å². The van der Waals surface area contributed by atoms with Crippen LogP contribution in [0.4, 0.5) is 10.1 Å². The number of benzene rings is 2. The first-order valence-electron chi connectivity index (χ1n) is 8.76. The third-order valence-corrected chi connectivity index (χ3v) is 5.77. The monoisotopic (exact) mass is 392 g/mol. The fraction of sp³-hybridized carbons (Fsp3) is 0.350. The van der Waals surface area contributed by atoms with Crippen LogP contribution in [0.3, 0.4) is 0 Å². The predicted molar refractivity (Wildman–Crippen MR) is 105 cm³/mol. The van der Waals surface area contributed by atoms with Crippen molar-refractivity contribution in [2.45, 2.75) is 38.5 Å². The van der Waals surface area contributed by atoms with E-state index in [2.05, 4.69) is 4.72 Å². The van der Waals surface area contributed by atoms with Crippen molar-refractivity contribution in [1.82, 2.24) is 4.72 Å². The first-order valence-corrected chi connectivity index (χ1v) is 10.2. The number of hydrogen-bond acceptors (Lipinski definition) is 3. The fourth-order valence-electron chi connectivity index (χ4n) is 2.93. The number of nitrogens with zero attached hydrogens (tertiary/aromatic N) is 1. The van der Waals surface area contributed by atoms with E-state index in [1.165, 1.54) is 19.1 Å². The number of anilines is 1. The van der Waals surface area contributed by atoms with E-state index in [1.807, 2.05) is 39.0 Å². The highest BCUT2D eigenvalue weighted by Crippen LogP contribution is 2.31. The Hall–Kier alpha value is -2.25. The normalized spacial score (nSPS) is 11.6. The lowest BCUT2D eigenvalue weighted by molar-refractivity contribution is -0.116. The molecule has 0 atom stereocenters. The van der Waals surface area contributed by atoms with Crippen molar-refractivity contribution in [3.8, 4) is 0 Å². The Balaban J connectivity index is 2.19. The van der Waals surface area contributed by atoms with Crippen LogP contribution >= 0.6 is 0 Å². The summed E-state index contributed by atoms with van der Waals surface area (Å²) in [4.78, 5) is 13.8. The minimum Gasteiger partial charge on any atom is -0.311 e. The average Bonchev–Trinajstić information content (AvgIpc) is 2.59. The zero-order chi connectivity index (χ0) is 20.2. The van der Waals surface area contributed by atoms with Crippen LogP contribution in [0.15, 0.2) is 47.4 Å². The molecule has 0 fully saturated rings. The van der Waals surface area contributed by atoms with Gasteiger partial charge >= 0.3 is 0 Å². The van der Waals surface area contributed by atoms with Gasteiger partial charge in [0.15, 0.2) is 0 Å². The zero-order valence-corrected chi connectivity index (χ0v) is 16.8. The van der Waals surface area contributed by atoms with Crippen LogP contribution in [0.25, 0.3) is 0 Å². The minimum atomic E-state index is -3.77. The molecule has 0 aliphatic heterocycles. The van der Waals surface area contributed by atoms with Gasteiger partial charge in [0, 0.05) is 20.0 Å². The molecule has 0 aromatic heterocycles. The van der Waals surface area contributed by atoms with Gasteiger partial charge in [0.05, 0.1) is 10.6 Å². The van der Waals surface area contributed by atoms with Gasteiger partial charge in [0.25, 0.3) is 0 Å². The SMILES string of the molecule is CC(=O)N(CCNS(=O)(=O)c1ccc(F)cc1)c1c(C)cccc1C(C)C. The molecule has 1 N–H and O–H groups in total. The second-order valence-electron chi connectivity index (χ2n) is 6.69. The molecule has 2 rings (SSSR count). The van der Waals surface area contributed by atoms with E-state index in [-0.39, 0.29) is 29.8 Å². The summed E-state index contributed by atoms with van der Waals surface area (Å²) in [5.41, 5.74) is 2.81. The van der Waals surface area contributed by atoms with Gasteiger partial charge in [-0.1, -0.05) is 32.0 Å². The molecule has 0 aliphatic rings. The summed E-state index contributed by atoms with van der Waals surface area (Å²) in [7, 11) is -3.77. The van der Waals surface area contributed by atoms with Crippen molar-refractivity contribution in [2.24, 2.45) is 0 Å². The van der Waals surface area contributed by atoms with Crippen LogP contribution in [0.1, 0.15) is 37.8 Å². The van der Waals surface area contributed by atoms with Crippen molar-refractivity contribution in [3.63, 3.8) is 0 Å². The maximum absolute atomic E-state index is 13.0. The number of sulfonamides is 1. The number of carbonyl (C=O) groups excluding carboxylic acids is 1. The van der Waals surface area contributed by atoms with E-state index in [0.29, 0.717) is 0 Å². The molecule has 2 aromatic rings. The standard InChI is InChI=1S/C20H25FN2O3S/c1-14(2)19-7-5-6-15(3)20(19)23(16(4)24)13-12-22-27(25,26)18-10-8-17(21)9-11-18/h5-11,14,22H,12-13H2,1-4H3. The molecule has 0 unspecified atom stereocenters. The third kappa shape index (κ3) is 5.14. The van der Waals surface area contributed by atoms with Crippen molar-refractivity contribution >= 4 is 21.6 Å². The van der Waals surface area contributed by atoms with Crippen molar-refractivity contribution in [3.05, 3.63) is 59.4 Å². The highest BCUT2D eigenvalue weighted by Gasteiger charge is 2.20. The van der Waals surface area contributed by atoms with Gasteiger partial charge in [0.2, 0.25) is 15.9 Å². The van der Waals surface area contributed by atoms with Crippen LogP contribution < -0.4 is 9.62 Å². The third-order valence-electron chi connectivity index (χ3n) is 4.29. The molecule has 0 saturated carbocycles. The van der Waals surface area contributed by atoms with Gasteiger partial charge in [-0.05, 0) is 48.2 Å². The Labute approximate surface area is 160 Å². The Morgan fingerprint density at radius 3 is 2.33 bits per heavy atom. The van der Waals surface area contributed by atoms with E-state index >= 15 is 0 Å². The highest BCUT2D eigenvalue weighted by atomic mass is 32.2. The number of carbonyl (C=O) groups is 1. The van der Waals surface area contributed by atoms with E-state index in [0.717, 1.165) is 28.9 Å². The van der Waals surface area contributed by atoms with Gasteiger partial charge in [-0.2, -0.15) is 0 Å². The predicted octanol–water partition coefficient (Wildman–Crippen LogP) is 3.59. The van der Waals surface area contributed by atoms with Crippen LogP contribution in [0.2, 0.25) is 0 Å². The minimum absolute atomic E-state index is 0.0166. The average molecular weight is 392 g/mol. The molecule has 0 aliphatic carbocycles. The van der Waals surface area contributed by atoms with Crippen LogP contribution in [-0.4, -0.2) is 27.4 Å². The summed E-state index contributed by atoms with van der Waals surface area (Å²) < 4.78 is 40.1. The number of amides is 1. The number of hydrogen-bond donors (Lipinski definition) is 1. The topological polar surface area (TPSA) is 66.5 Å². The number of nitrogens with one attached hydrogen (secondary N) is 1. The second-order valence-corrected chi connectivity index (χ2v) is 8.46. The van der Waals surface area contributed by atoms with E-state index < -0.39 is 15.8 Å². The zero-order valence-electron chi connectivity index (χ0n) is 16.0. The first-order chi connectivity index (χ1) is 12.6. The number of para-hydroxylation sites is 1. The number of rotatable bonds is 7. The fourth-order valence-corrected chi connectivity index (χ4v) is 3.95. The van der Waals surface area contributed by atoms with Gasteiger partial charge < -0.3 is 4.90 Å². The quantitative estimate of drug-likeness (QED) is 0.783. The van der Waals surface area contributed by atoms with Crippen molar-refractivity contribution < 1.29 is 17.6 Å². The first kappa shape index (κ1) is 21.1. The largest absolute Gasteiger partial charge is 0.311 e. The molecule has 0 bridgehead atoms. The second kappa shape index (κ2) is 8.63. The molecule has 7 heteroatoms. The molecule has 27 heavy (non-hydrogen) atoms.